The molecule has 3 rings (SSSR count). The predicted octanol–water partition coefficient (Wildman–Crippen LogP) is 5.94. The highest BCUT2D eigenvalue weighted by Crippen LogP contribution is 2.42. The summed E-state index contributed by atoms with van der Waals surface area (Å²) < 4.78 is 0.966. The number of rotatable bonds is 3. The first-order chi connectivity index (χ1) is 10.2. The number of benzene rings is 2. The Bertz CT molecular complexity index is 644. The predicted molar refractivity (Wildman–Crippen MR) is 98.7 cm³/mol. The van der Waals surface area contributed by atoms with Crippen LogP contribution in [0.15, 0.2) is 42.5 Å². The Balaban J connectivity index is 2.00. The van der Waals surface area contributed by atoms with Crippen molar-refractivity contribution >= 4 is 45.8 Å². The zero-order valence-corrected chi connectivity index (χ0v) is 15.1. The fraction of sp³-hybridized carbons (Fsp3) is 0.294. The second-order valence-corrected chi connectivity index (χ2v) is 6.90. The summed E-state index contributed by atoms with van der Waals surface area (Å²) in [6.45, 7) is 0. The number of alkyl halides is 1. The molecular weight excluding hydrogens is 416 g/mol. The van der Waals surface area contributed by atoms with E-state index in [-0.39, 0.29) is 0 Å². The molecule has 1 aliphatic rings. The summed E-state index contributed by atoms with van der Waals surface area (Å²) in [5.74, 6) is 0.406. The van der Waals surface area contributed by atoms with Gasteiger partial charge in [-0.25, -0.2) is 0 Å². The number of hydrogen-bond acceptors (Lipinski definition) is 1. The van der Waals surface area contributed by atoms with Gasteiger partial charge in [-0.05, 0) is 41.7 Å². The molecule has 0 radical (unpaired) electrons. The van der Waals surface area contributed by atoms with Gasteiger partial charge in [0.25, 0.3) is 0 Å². The fourth-order valence-corrected chi connectivity index (χ4v) is 4.01. The van der Waals surface area contributed by atoms with Crippen molar-refractivity contribution in [3.05, 3.63) is 69.2 Å². The third-order valence-electron chi connectivity index (χ3n) is 4.16. The molecule has 2 atom stereocenters. The first-order valence-corrected chi connectivity index (χ1v) is 9.32. The lowest BCUT2D eigenvalue weighted by Crippen LogP contribution is -2.26. The minimum absolute atomic E-state index is 0.406. The van der Waals surface area contributed by atoms with Crippen LogP contribution in [0.3, 0.4) is 0 Å². The van der Waals surface area contributed by atoms with Crippen LogP contribution in [0.5, 0.6) is 0 Å². The lowest BCUT2D eigenvalue weighted by Gasteiger charge is -2.32. The molecule has 0 aliphatic heterocycles. The molecule has 0 amide bonds. The van der Waals surface area contributed by atoms with Gasteiger partial charge in [-0.15, -0.1) is 0 Å². The van der Waals surface area contributed by atoms with Crippen molar-refractivity contribution in [2.45, 2.75) is 24.8 Å². The summed E-state index contributed by atoms with van der Waals surface area (Å²) in [5, 5.41) is 4.83. The van der Waals surface area contributed by atoms with Crippen LogP contribution >= 0.6 is 45.8 Å². The Kier molecular flexibility index (Phi) is 5.10. The van der Waals surface area contributed by atoms with Crippen LogP contribution < -0.4 is 5.32 Å². The van der Waals surface area contributed by atoms with Crippen LogP contribution in [-0.2, 0) is 0 Å². The van der Waals surface area contributed by atoms with Gasteiger partial charge in [0.05, 0.1) is 10.0 Å². The van der Waals surface area contributed by atoms with E-state index in [0.29, 0.717) is 22.0 Å². The second-order valence-electron chi connectivity index (χ2n) is 5.32. The minimum atomic E-state index is 0.406. The van der Waals surface area contributed by atoms with Gasteiger partial charge in [0.1, 0.15) is 0 Å². The van der Waals surface area contributed by atoms with Crippen molar-refractivity contribution in [1.82, 2.24) is 5.32 Å². The molecule has 0 saturated carbocycles. The molecule has 1 nitrogen and oxygen atoms in total. The molecule has 0 fully saturated rings. The molecule has 1 aliphatic carbocycles. The molecule has 0 saturated heterocycles. The summed E-state index contributed by atoms with van der Waals surface area (Å²) in [4.78, 5) is 0. The minimum Gasteiger partial charge on any atom is -0.301 e. The molecule has 0 bridgehead atoms. The van der Waals surface area contributed by atoms with Crippen LogP contribution in [0.1, 0.15) is 41.5 Å². The van der Waals surface area contributed by atoms with E-state index >= 15 is 0 Å². The lowest BCUT2D eigenvalue weighted by atomic mass is 9.77. The largest absolute Gasteiger partial charge is 0.301 e. The summed E-state index contributed by atoms with van der Waals surface area (Å²) in [7, 11) is 0. The van der Waals surface area contributed by atoms with E-state index in [0.717, 1.165) is 17.4 Å². The zero-order chi connectivity index (χ0) is 14.8. The monoisotopic (exact) mass is 431 g/mol. The molecule has 0 unspecified atom stereocenters. The average molecular weight is 432 g/mol. The van der Waals surface area contributed by atoms with E-state index in [1.54, 1.807) is 0 Å². The van der Waals surface area contributed by atoms with Crippen molar-refractivity contribution in [1.29, 1.82) is 0 Å². The van der Waals surface area contributed by atoms with Crippen molar-refractivity contribution in [3.63, 3.8) is 0 Å². The maximum Gasteiger partial charge on any atom is 0.0595 e. The molecule has 0 heterocycles. The number of nitrogens with one attached hydrogen (secondary N) is 1. The first-order valence-electron chi connectivity index (χ1n) is 7.04. The van der Waals surface area contributed by atoms with Crippen molar-refractivity contribution in [3.8, 4) is 0 Å². The van der Waals surface area contributed by atoms with E-state index in [9.17, 15) is 0 Å². The Morgan fingerprint density at radius 2 is 1.76 bits per heavy atom. The molecule has 21 heavy (non-hydrogen) atoms. The van der Waals surface area contributed by atoms with E-state index in [2.05, 4.69) is 58.2 Å². The molecule has 1 N–H and O–H groups in total. The Hall–Kier alpha value is -0.290. The van der Waals surface area contributed by atoms with Gasteiger partial charge in [0, 0.05) is 16.5 Å². The van der Waals surface area contributed by atoms with E-state index < -0.39 is 0 Å². The van der Waals surface area contributed by atoms with Crippen molar-refractivity contribution in [2.75, 3.05) is 4.55 Å². The normalized spacial score (nSPS) is 21.1. The summed E-state index contributed by atoms with van der Waals surface area (Å²) in [6.07, 6.45) is 2.27. The quantitative estimate of drug-likeness (QED) is 0.360. The highest BCUT2D eigenvalue weighted by Gasteiger charge is 2.27. The van der Waals surface area contributed by atoms with Gasteiger partial charge >= 0.3 is 0 Å². The Morgan fingerprint density at radius 1 is 1.00 bits per heavy atom. The lowest BCUT2D eigenvalue weighted by molar-refractivity contribution is 0.468. The molecule has 0 aromatic heterocycles. The van der Waals surface area contributed by atoms with Crippen LogP contribution in [0.4, 0.5) is 0 Å². The average Bonchev–Trinajstić information content (AvgIpc) is 2.51. The highest BCUT2D eigenvalue weighted by molar-refractivity contribution is 14.1. The van der Waals surface area contributed by atoms with E-state index in [1.807, 2.05) is 12.1 Å². The van der Waals surface area contributed by atoms with Gasteiger partial charge in [-0.1, -0.05) is 76.1 Å². The maximum absolute atomic E-state index is 6.19. The first kappa shape index (κ1) is 15.6. The van der Waals surface area contributed by atoms with Crippen molar-refractivity contribution in [2.24, 2.45) is 0 Å². The number of halogens is 3. The number of hydrogen-bond donors (Lipinski definition) is 1. The number of fused-ring (bicyclic) bond motifs is 1. The molecule has 0 spiro atoms. The molecule has 2 aromatic carbocycles. The summed E-state index contributed by atoms with van der Waals surface area (Å²) >= 11 is 14.6. The zero-order valence-electron chi connectivity index (χ0n) is 11.5. The van der Waals surface area contributed by atoms with Crippen LogP contribution in [0.25, 0.3) is 0 Å². The Morgan fingerprint density at radius 3 is 2.48 bits per heavy atom. The smallest absolute Gasteiger partial charge is 0.0595 e. The fourth-order valence-electron chi connectivity index (χ4n) is 3.17. The second kappa shape index (κ2) is 6.86. The maximum atomic E-state index is 6.19. The van der Waals surface area contributed by atoms with Crippen LogP contribution in [0, 0.1) is 0 Å². The van der Waals surface area contributed by atoms with Gasteiger partial charge in [-0.3, -0.25) is 0 Å². The van der Waals surface area contributed by atoms with Gasteiger partial charge < -0.3 is 5.32 Å². The third-order valence-corrected chi connectivity index (χ3v) is 5.34. The van der Waals surface area contributed by atoms with Gasteiger partial charge in [0.2, 0.25) is 0 Å². The van der Waals surface area contributed by atoms with Crippen molar-refractivity contribution < 1.29 is 0 Å². The van der Waals surface area contributed by atoms with Gasteiger partial charge in [0.15, 0.2) is 0 Å². The van der Waals surface area contributed by atoms with Crippen LogP contribution in [-0.4, -0.2) is 4.55 Å². The standard InChI is InChI=1S/C17H16Cl2IN/c18-15-7-5-11(9-16(15)19)12-6-8-17(21-10-20)14-4-2-1-3-13(12)14/h1-5,7,9,12,17,21H,6,8,10H2/t12-,17-/m0/s1. The molecule has 110 valence electrons. The highest BCUT2D eigenvalue weighted by atomic mass is 127. The summed E-state index contributed by atoms with van der Waals surface area (Å²) in [6, 6.07) is 15.2. The summed E-state index contributed by atoms with van der Waals surface area (Å²) in [5.41, 5.74) is 4.07. The molecular formula is C17H16Cl2IN. The molecule has 2 aromatic rings. The van der Waals surface area contributed by atoms with Gasteiger partial charge in [-0.2, -0.15) is 0 Å². The van der Waals surface area contributed by atoms with E-state index in [4.69, 9.17) is 23.2 Å². The van der Waals surface area contributed by atoms with E-state index in [1.165, 1.54) is 16.7 Å². The third kappa shape index (κ3) is 3.24. The molecule has 4 heteroatoms. The topological polar surface area (TPSA) is 12.0 Å². The SMILES string of the molecule is Clc1ccc([C@@H]2CC[C@H](NCI)c3ccccc32)cc1Cl. The Labute approximate surface area is 149 Å². The van der Waals surface area contributed by atoms with Crippen LogP contribution in [0.2, 0.25) is 10.0 Å².